The molecule has 2 aromatic rings. The maximum absolute atomic E-state index is 5.18. The molecule has 0 fully saturated rings. The molecule has 0 radical (unpaired) electrons. The van der Waals surface area contributed by atoms with Gasteiger partial charge in [-0.1, -0.05) is 6.92 Å². The Hall–Kier alpha value is -0.760. The number of hydrogen-bond donors (Lipinski definition) is 1. The number of nitrogens with one attached hydrogen (secondary N) is 1. The number of rotatable bonds is 8. The molecule has 0 amide bonds. The highest BCUT2D eigenvalue weighted by Gasteiger charge is 2.24. The van der Waals surface area contributed by atoms with Crippen molar-refractivity contribution in [3.63, 3.8) is 0 Å². The fourth-order valence-corrected chi connectivity index (χ4v) is 3.61. The number of nitrogens with zero attached hydrogens (tertiary/aromatic N) is 3. The third kappa shape index (κ3) is 3.91. The number of thiazole rings is 1. The molecule has 2 aromatic heterocycles. The molecule has 0 aliphatic heterocycles. The molecule has 0 aromatic carbocycles. The monoisotopic (exact) mass is 372 g/mol. The van der Waals surface area contributed by atoms with Crippen molar-refractivity contribution < 1.29 is 4.74 Å². The lowest BCUT2D eigenvalue weighted by molar-refractivity contribution is 0.182. The Labute approximate surface area is 137 Å². The van der Waals surface area contributed by atoms with E-state index in [1.807, 2.05) is 16.4 Å². The van der Waals surface area contributed by atoms with Crippen molar-refractivity contribution >= 4 is 27.3 Å². The van der Waals surface area contributed by atoms with E-state index in [4.69, 9.17) is 4.74 Å². The van der Waals surface area contributed by atoms with E-state index in [1.54, 1.807) is 18.4 Å². The van der Waals surface area contributed by atoms with Gasteiger partial charge in [0.1, 0.15) is 0 Å². The first-order chi connectivity index (χ1) is 10.2. The standard InChI is InChI=1S/C14H21BrN4OS/c1-4-5-16-12(14-10(2)17-9-21-14)13-11(15)8-18-19(13)6-7-20-3/h8-9,12,16H,4-7H2,1-3H3. The Morgan fingerprint density at radius 2 is 2.33 bits per heavy atom. The van der Waals surface area contributed by atoms with Crippen LogP contribution in [0.2, 0.25) is 0 Å². The molecule has 0 saturated carbocycles. The van der Waals surface area contributed by atoms with Crippen LogP contribution in [0.4, 0.5) is 0 Å². The smallest absolute Gasteiger partial charge is 0.0872 e. The van der Waals surface area contributed by atoms with E-state index in [0.717, 1.165) is 35.4 Å². The van der Waals surface area contributed by atoms with Gasteiger partial charge < -0.3 is 10.1 Å². The first-order valence-electron chi connectivity index (χ1n) is 7.02. The molecule has 0 bridgehead atoms. The summed E-state index contributed by atoms with van der Waals surface area (Å²) in [6.07, 6.45) is 2.93. The van der Waals surface area contributed by atoms with E-state index in [0.29, 0.717) is 6.61 Å². The van der Waals surface area contributed by atoms with Crippen molar-refractivity contribution in [2.24, 2.45) is 0 Å². The molecular weight excluding hydrogens is 352 g/mol. The van der Waals surface area contributed by atoms with Gasteiger partial charge in [-0.2, -0.15) is 5.10 Å². The highest BCUT2D eigenvalue weighted by molar-refractivity contribution is 9.10. The Balaban J connectivity index is 2.36. The van der Waals surface area contributed by atoms with Crippen molar-refractivity contribution in [1.82, 2.24) is 20.1 Å². The van der Waals surface area contributed by atoms with Crippen LogP contribution in [0.1, 0.15) is 35.7 Å². The fraction of sp³-hybridized carbons (Fsp3) is 0.571. The molecule has 7 heteroatoms. The highest BCUT2D eigenvalue weighted by atomic mass is 79.9. The molecule has 2 rings (SSSR count). The minimum absolute atomic E-state index is 0.103. The van der Waals surface area contributed by atoms with Crippen molar-refractivity contribution in [2.75, 3.05) is 20.3 Å². The van der Waals surface area contributed by atoms with Gasteiger partial charge >= 0.3 is 0 Å². The minimum atomic E-state index is 0.103. The molecule has 2 heterocycles. The molecule has 0 aliphatic carbocycles. The molecular formula is C14H21BrN4OS. The summed E-state index contributed by atoms with van der Waals surface area (Å²) in [5.74, 6) is 0. The lowest BCUT2D eigenvalue weighted by atomic mass is 10.1. The van der Waals surface area contributed by atoms with Crippen LogP contribution < -0.4 is 5.32 Å². The zero-order valence-electron chi connectivity index (χ0n) is 12.6. The Morgan fingerprint density at radius 3 is 2.95 bits per heavy atom. The summed E-state index contributed by atoms with van der Waals surface area (Å²) in [6.45, 7) is 6.55. The molecule has 1 atom stereocenters. The fourth-order valence-electron chi connectivity index (χ4n) is 2.21. The second kappa shape index (κ2) is 8.03. The summed E-state index contributed by atoms with van der Waals surface area (Å²) in [6, 6.07) is 0.103. The van der Waals surface area contributed by atoms with Crippen LogP contribution in [0.5, 0.6) is 0 Å². The number of hydrogen-bond acceptors (Lipinski definition) is 5. The zero-order chi connectivity index (χ0) is 15.2. The molecule has 0 aliphatic rings. The van der Waals surface area contributed by atoms with E-state index in [2.05, 4.69) is 45.2 Å². The van der Waals surface area contributed by atoms with Gasteiger partial charge in [-0.15, -0.1) is 11.3 Å². The molecule has 1 unspecified atom stereocenters. The Morgan fingerprint density at radius 1 is 1.52 bits per heavy atom. The third-order valence-corrected chi connectivity index (χ3v) is 4.86. The van der Waals surface area contributed by atoms with E-state index in [-0.39, 0.29) is 6.04 Å². The van der Waals surface area contributed by atoms with Crippen LogP contribution in [0, 0.1) is 6.92 Å². The van der Waals surface area contributed by atoms with Gasteiger partial charge in [-0.05, 0) is 35.8 Å². The van der Waals surface area contributed by atoms with Gasteiger partial charge in [0.15, 0.2) is 0 Å². The Kier molecular flexibility index (Phi) is 6.35. The highest BCUT2D eigenvalue weighted by Crippen LogP contribution is 2.32. The molecule has 0 spiro atoms. The molecule has 5 nitrogen and oxygen atoms in total. The van der Waals surface area contributed by atoms with Gasteiger partial charge in [-0.25, -0.2) is 4.98 Å². The number of ether oxygens (including phenoxy) is 1. The average Bonchev–Trinajstić information content (AvgIpc) is 3.05. The van der Waals surface area contributed by atoms with Crippen LogP contribution in [0.25, 0.3) is 0 Å². The van der Waals surface area contributed by atoms with Gasteiger partial charge in [-0.3, -0.25) is 4.68 Å². The number of halogens is 1. The number of aromatic nitrogens is 3. The van der Waals surface area contributed by atoms with Crippen LogP contribution in [-0.2, 0) is 11.3 Å². The van der Waals surface area contributed by atoms with E-state index in [9.17, 15) is 0 Å². The SMILES string of the molecule is CCCNC(c1scnc1C)c1c(Br)cnn1CCOC. The lowest BCUT2D eigenvalue weighted by Gasteiger charge is -2.20. The van der Waals surface area contributed by atoms with Crippen LogP contribution >= 0.6 is 27.3 Å². The largest absolute Gasteiger partial charge is 0.383 e. The van der Waals surface area contributed by atoms with E-state index >= 15 is 0 Å². The summed E-state index contributed by atoms with van der Waals surface area (Å²) < 4.78 is 8.19. The maximum atomic E-state index is 5.18. The summed E-state index contributed by atoms with van der Waals surface area (Å²) in [5, 5.41) is 8.07. The minimum Gasteiger partial charge on any atom is -0.383 e. The van der Waals surface area contributed by atoms with Crippen molar-refractivity contribution in [3.8, 4) is 0 Å². The van der Waals surface area contributed by atoms with E-state index < -0.39 is 0 Å². The van der Waals surface area contributed by atoms with Crippen molar-refractivity contribution in [3.05, 3.63) is 32.4 Å². The molecule has 21 heavy (non-hydrogen) atoms. The summed E-state index contributed by atoms with van der Waals surface area (Å²) >= 11 is 5.31. The normalized spacial score (nSPS) is 12.8. The van der Waals surface area contributed by atoms with Crippen molar-refractivity contribution in [1.29, 1.82) is 0 Å². The van der Waals surface area contributed by atoms with Crippen LogP contribution in [0.15, 0.2) is 16.2 Å². The number of methoxy groups -OCH3 is 1. The predicted molar refractivity (Wildman–Crippen MR) is 88.8 cm³/mol. The molecule has 116 valence electrons. The quantitative estimate of drug-likeness (QED) is 0.773. The molecule has 0 saturated heterocycles. The average molecular weight is 373 g/mol. The van der Waals surface area contributed by atoms with Gasteiger partial charge in [0.05, 0.1) is 51.6 Å². The second-order valence-electron chi connectivity index (χ2n) is 4.78. The van der Waals surface area contributed by atoms with Gasteiger partial charge in [0.25, 0.3) is 0 Å². The Bertz CT molecular complexity index is 569. The molecule has 1 N–H and O–H groups in total. The summed E-state index contributed by atoms with van der Waals surface area (Å²) in [5.41, 5.74) is 4.10. The zero-order valence-corrected chi connectivity index (χ0v) is 15.0. The first kappa shape index (κ1) is 16.6. The van der Waals surface area contributed by atoms with Crippen LogP contribution in [-0.4, -0.2) is 35.0 Å². The maximum Gasteiger partial charge on any atom is 0.0872 e. The summed E-state index contributed by atoms with van der Waals surface area (Å²) in [7, 11) is 1.71. The van der Waals surface area contributed by atoms with Gasteiger partial charge in [0.2, 0.25) is 0 Å². The second-order valence-corrected chi connectivity index (χ2v) is 6.52. The predicted octanol–water partition coefficient (Wildman–Crippen LogP) is 3.15. The lowest BCUT2D eigenvalue weighted by Crippen LogP contribution is -2.26. The van der Waals surface area contributed by atoms with Gasteiger partial charge in [0, 0.05) is 7.11 Å². The first-order valence-corrected chi connectivity index (χ1v) is 8.69. The topological polar surface area (TPSA) is 52.0 Å². The number of aryl methyl sites for hydroxylation is 1. The van der Waals surface area contributed by atoms with E-state index in [1.165, 1.54) is 4.88 Å². The van der Waals surface area contributed by atoms with Crippen LogP contribution in [0.3, 0.4) is 0 Å². The third-order valence-electron chi connectivity index (χ3n) is 3.26. The van der Waals surface area contributed by atoms with Crippen molar-refractivity contribution in [2.45, 2.75) is 32.9 Å². The summed E-state index contributed by atoms with van der Waals surface area (Å²) in [4.78, 5) is 5.63.